The van der Waals surface area contributed by atoms with Crippen molar-refractivity contribution in [2.75, 3.05) is 11.9 Å². The minimum absolute atomic E-state index is 0.196. The van der Waals surface area contributed by atoms with Crippen LogP contribution in [0.3, 0.4) is 0 Å². The van der Waals surface area contributed by atoms with Gasteiger partial charge in [-0.2, -0.15) is 0 Å². The van der Waals surface area contributed by atoms with Crippen LogP contribution >= 0.6 is 11.6 Å². The van der Waals surface area contributed by atoms with E-state index in [1.807, 2.05) is 19.1 Å². The zero-order valence-electron chi connectivity index (χ0n) is 11.5. The lowest BCUT2D eigenvalue weighted by molar-refractivity contribution is 0.102. The maximum Gasteiger partial charge on any atom is 0.255 e. The second-order valence-corrected chi connectivity index (χ2v) is 4.89. The number of benzene rings is 2. The number of carbonyl (C=O) groups excluding carboxylic acids is 1. The van der Waals surface area contributed by atoms with Crippen LogP contribution in [0.25, 0.3) is 0 Å². The molecule has 0 fully saturated rings. The van der Waals surface area contributed by atoms with Gasteiger partial charge in [0.05, 0.1) is 0 Å². The number of carbonyl (C=O) groups is 1. The number of anilines is 1. The molecular formula is C17H14ClNO2. The van der Waals surface area contributed by atoms with Gasteiger partial charge in [0, 0.05) is 21.8 Å². The maximum absolute atomic E-state index is 12.2. The summed E-state index contributed by atoms with van der Waals surface area (Å²) in [6, 6.07) is 12.2. The molecule has 2 rings (SSSR count). The molecule has 0 aliphatic carbocycles. The van der Waals surface area contributed by atoms with E-state index in [0.717, 1.165) is 11.1 Å². The Kier molecular flexibility index (Phi) is 4.99. The monoisotopic (exact) mass is 299 g/mol. The lowest BCUT2D eigenvalue weighted by atomic mass is 10.1. The van der Waals surface area contributed by atoms with E-state index in [-0.39, 0.29) is 12.5 Å². The zero-order valence-corrected chi connectivity index (χ0v) is 12.2. The molecule has 0 aliphatic heterocycles. The molecule has 3 nitrogen and oxygen atoms in total. The van der Waals surface area contributed by atoms with E-state index in [9.17, 15) is 4.79 Å². The molecule has 2 N–H and O–H groups in total. The van der Waals surface area contributed by atoms with Gasteiger partial charge >= 0.3 is 0 Å². The van der Waals surface area contributed by atoms with Gasteiger partial charge < -0.3 is 10.4 Å². The number of amides is 1. The van der Waals surface area contributed by atoms with Gasteiger partial charge in [-0.25, -0.2) is 0 Å². The zero-order chi connectivity index (χ0) is 15.2. The fourth-order valence-corrected chi connectivity index (χ4v) is 1.99. The molecule has 2 aromatic rings. The van der Waals surface area contributed by atoms with Crippen LogP contribution in [0, 0.1) is 18.8 Å². The Bertz CT molecular complexity index is 729. The molecule has 0 bridgehead atoms. The number of rotatable bonds is 2. The van der Waals surface area contributed by atoms with Crippen LogP contribution in [0.1, 0.15) is 21.5 Å². The molecule has 0 heterocycles. The molecule has 0 radical (unpaired) electrons. The first-order chi connectivity index (χ1) is 10.1. The van der Waals surface area contributed by atoms with Gasteiger partial charge in [-0.15, -0.1) is 0 Å². The number of hydrogen-bond acceptors (Lipinski definition) is 2. The minimum Gasteiger partial charge on any atom is -0.384 e. The molecule has 4 heteroatoms. The molecule has 106 valence electrons. The Morgan fingerprint density at radius 2 is 2.10 bits per heavy atom. The van der Waals surface area contributed by atoms with Gasteiger partial charge in [-0.3, -0.25) is 4.79 Å². The molecule has 0 saturated heterocycles. The number of aliphatic hydroxyl groups excluding tert-OH is 1. The molecule has 0 aliphatic rings. The number of halogens is 1. The molecule has 0 aromatic heterocycles. The van der Waals surface area contributed by atoms with Crippen LogP contribution < -0.4 is 5.32 Å². The third-order valence-electron chi connectivity index (χ3n) is 2.88. The van der Waals surface area contributed by atoms with Crippen molar-refractivity contribution in [1.29, 1.82) is 0 Å². The molecule has 0 spiro atoms. The summed E-state index contributed by atoms with van der Waals surface area (Å²) in [4.78, 5) is 12.2. The highest BCUT2D eigenvalue weighted by atomic mass is 35.5. The fourth-order valence-electron chi connectivity index (χ4n) is 1.80. The number of aryl methyl sites for hydroxylation is 1. The summed E-state index contributed by atoms with van der Waals surface area (Å²) in [6.07, 6.45) is 0. The molecule has 1 amide bonds. The smallest absolute Gasteiger partial charge is 0.255 e. The quantitative estimate of drug-likeness (QED) is 0.836. The van der Waals surface area contributed by atoms with E-state index >= 15 is 0 Å². The number of nitrogens with one attached hydrogen (secondary N) is 1. The predicted molar refractivity (Wildman–Crippen MR) is 84.5 cm³/mol. The largest absolute Gasteiger partial charge is 0.384 e. The minimum atomic E-state index is -0.229. The third kappa shape index (κ3) is 4.09. The summed E-state index contributed by atoms with van der Waals surface area (Å²) in [5.74, 6) is 5.16. The Balaban J connectivity index is 2.24. The van der Waals surface area contributed by atoms with E-state index in [2.05, 4.69) is 17.2 Å². The van der Waals surface area contributed by atoms with Gasteiger partial charge in [0.2, 0.25) is 0 Å². The summed E-state index contributed by atoms with van der Waals surface area (Å²) >= 11 is 5.88. The van der Waals surface area contributed by atoms with Crippen molar-refractivity contribution >= 4 is 23.2 Å². The number of aliphatic hydroxyl groups is 1. The number of hydrogen-bond donors (Lipinski definition) is 2. The Morgan fingerprint density at radius 3 is 2.81 bits per heavy atom. The first-order valence-corrected chi connectivity index (χ1v) is 6.75. The molecular weight excluding hydrogens is 286 g/mol. The lowest BCUT2D eigenvalue weighted by Crippen LogP contribution is -2.12. The van der Waals surface area contributed by atoms with Crippen LogP contribution in [0.2, 0.25) is 5.02 Å². The van der Waals surface area contributed by atoms with Crippen molar-refractivity contribution in [1.82, 2.24) is 0 Å². The normalized spacial score (nSPS) is 9.67. The van der Waals surface area contributed by atoms with E-state index in [1.165, 1.54) is 0 Å². The SMILES string of the molecule is Cc1ccc(C#CCO)cc1NC(=O)c1cccc(Cl)c1. The second kappa shape index (κ2) is 6.94. The highest BCUT2D eigenvalue weighted by Gasteiger charge is 2.08. The van der Waals surface area contributed by atoms with Crippen LogP contribution in [0.4, 0.5) is 5.69 Å². The van der Waals surface area contributed by atoms with Crippen molar-refractivity contribution < 1.29 is 9.90 Å². The summed E-state index contributed by atoms with van der Waals surface area (Å²) in [7, 11) is 0. The average Bonchev–Trinajstić information content (AvgIpc) is 2.48. The van der Waals surface area contributed by atoms with Crippen LogP contribution in [0.5, 0.6) is 0 Å². The van der Waals surface area contributed by atoms with Crippen molar-refractivity contribution in [3.8, 4) is 11.8 Å². The lowest BCUT2D eigenvalue weighted by Gasteiger charge is -2.09. The highest BCUT2D eigenvalue weighted by Crippen LogP contribution is 2.18. The summed E-state index contributed by atoms with van der Waals surface area (Å²) in [5.41, 5.74) is 2.84. The first kappa shape index (κ1) is 15.1. The molecule has 21 heavy (non-hydrogen) atoms. The van der Waals surface area contributed by atoms with E-state index in [4.69, 9.17) is 16.7 Å². The molecule has 2 aromatic carbocycles. The summed E-state index contributed by atoms with van der Waals surface area (Å²) < 4.78 is 0. The van der Waals surface area contributed by atoms with E-state index in [0.29, 0.717) is 16.3 Å². The van der Waals surface area contributed by atoms with Crippen molar-refractivity contribution in [2.45, 2.75) is 6.92 Å². The first-order valence-electron chi connectivity index (χ1n) is 6.37. The maximum atomic E-state index is 12.2. The topological polar surface area (TPSA) is 49.3 Å². The van der Waals surface area contributed by atoms with Crippen molar-refractivity contribution in [3.05, 3.63) is 64.2 Å². The Morgan fingerprint density at radius 1 is 1.29 bits per heavy atom. The molecule has 0 saturated carbocycles. The van der Waals surface area contributed by atoms with Crippen LogP contribution in [0.15, 0.2) is 42.5 Å². The Labute approximate surface area is 128 Å². The van der Waals surface area contributed by atoms with Crippen molar-refractivity contribution in [2.24, 2.45) is 0 Å². The van der Waals surface area contributed by atoms with Gasteiger partial charge in [-0.1, -0.05) is 35.6 Å². The van der Waals surface area contributed by atoms with Crippen molar-refractivity contribution in [3.63, 3.8) is 0 Å². The third-order valence-corrected chi connectivity index (χ3v) is 3.12. The molecule has 0 atom stereocenters. The van der Waals surface area contributed by atoms with Gasteiger partial charge in [-0.05, 0) is 42.8 Å². The van der Waals surface area contributed by atoms with Crippen LogP contribution in [-0.4, -0.2) is 17.6 Å². The van der Waals surface area contributed by atoms with Gasteiger partial charge in [0.25, 0.3) is 5.91 Å². The average molecular weight is 300 g/mol. The molecule has 0 unspecified atom stereocenters. The second-order valence-electron chi connectivity index (χ2n) is 4.45. The standard InChI is InChI=1S/C17H14ClNO2/c1-12-7-8-13(4-3-9-20)10-16(12)19-17(21)14-5-2-6-15(18)11-14/h2,5-8,10-11,20H,9H2,1H3,(H,19,21). The van der Waals surface area contributed by atoms with Crippen LogP contribution in [-0.2, 0) is 0 Å². The summed E-state index contributed by atoms with van der Waals surface area (Å²) in [6.45, 7) is 1.70. The Hall–Kier alpha value is -2.28. The van der Waals surface area contributed by atoms with Gasteiger partial charge in [0.1, 0.15) is 6.61 Å². The van der Waals surface area contributed by atoms with E-state index in [1.54, 1.807) is 30.3 Å². The van der Waals surface area contributed by atoms with E-state index < -0.39 is 0 Å². The predicted octanol–water partition coefficient (Wildman–Crippen LogP) is 3.24. The van der Waals surface area contributed by atoms with Gasteiger partial charge in [0.15, 0.2) is 0 Å². The highest BCUT2D eigenvalue weighted by molar-refractivity contribution is 6.31. The summed E-state index contributed by atoms with van der Waals surface area (Å²) in [5, 5.41) is 12.1. The fraction of sp³-hybridized carbons (Fsp3) is 0.118.